The molecule has 1 amide bonds. The van der Waals surface area contributed by atoms with Gasteiger partial charge in [0.15, 0.2) is 0 Å². The Balaban J connectivity index is 1.29. The fourth-order valence-electron chi connectivity index (χ4n) is 5.50. The quantitative estimate of drug-likeness (QED) is 0.383. The van der Waals surface area contributed by atoms with Gasteiger partial charge < -0.3 is 5.32 Å². The molecule has 1 unspecified atom stereocenters. The van der Waals surface area contributed by atoms with Gasteiger partial charge in [0.2, 0.25) is 5.91 Å². The molecule has 5 heteroatoms. The molecular formula is C27H22BrN3O. The molecule has 3 aliphatic rings. The number of rotatable bonds is 3. The zero-order valence-electron chi connectivity index (χ0n) is 17.6. The van der Waals surface area contributed by atoms with Crippen LogP contribution >= 0.6 is 15.9 Å². The maximum Gasteiger partial charge on any atom is 0.228 e. The zero-order valence-corrected chi connectivity index (χ0v) is 19.2. The van der Waals surface area contributed by atoms with E-state index in [2.05, 4.69) is 74.9 Å². The highest BCUT2D eigenvalue weighted by atomic mass is 79.9. The summed E-state index contributed by atoms with van der Waals surface area (Å²) in [7, 11) is 1.90. The molecule has 3 aromatic carbocycles. The van der Waals surface area contributed by atoms with Gasteiger partial charge in [0.25, 0.3) is 0 Å². The monoisotopic (exact) mass is 483 g/mol. The molecule has 1 aromatic heterocycles. The third-order valence-electron chi connectivity index (χ3n) is 6.85. The topological polar surface area (TPSA) is 46.9 Å². The van der Waals surface area contributed by atoms with E-state index in [-0.39, 0.29) is 23.7 Å². The number of nitrogens with zero attached hydrogens (tertiary/aromatic N) is 2. The Morgan fingerprint density at radius 1 is 0.938 bits per heavy atom. The average Bonchev–Trinajstić information content (AvgIpc) is 3.17. The number of hydrogen-bond acceptors (Lipinski definition) is 2. The Hall–Kier alpha value is -3.18. The summed E-state index contributed by atoms with van der Waals surface area (Å²) in [6.07, 6.45) is 2.78. The highest BCUT2D eigenvalue weighted by Crippen LogP contribution is 2.55. The summed E-state index contributed by atoms with van der Waals surface area (Å²) in [4.78, 5) is 13.5. The van der Waals surface area contributed by atoms with Crippen molar-refractivity contribution in [2.45, 2.75) is 18.3 Å². The van der Waals surface area contributed by atoms with Crippen molar-refractivity contribution < 1.29 is 4.79 Å². The molecule has 0 spiro atoms. The van der Waals surface area contributed by atoms with Crippen LogP contribution in [-0.2, 0) is 11.8 Å². The summed E-state index contributed by atoms with van der Waals surface area (Å²) >= 11 is 3.56. The summed E-state index contributed by atoms with van der Waals surface area (Å²) < 4.78 is 2.73. The molecule has 2 bridgehead atoms. The summed E-state index contributed by atoms with van der Waals surface area (Å²) in [5.74, 6) is 0.411. The molecule has 32 heavy (non-hydrogen) atoms. The molecule has 4 nitrogen and oxygen atoms in total. The number of fused-ring (bicyclic) bond motifs is 1. The van der Waals surface area contributed by atoms with E-state index in [1.807, 2.05) is 37.5 Å². The molecule has 3 aliphatic carbocycles. The maximum atomic E-state index is 13.5. The average molecular weight is 484 g/mol. The second-order valence-corrected chi connectivity index (χ2v) is 9.55. The number of aryl methyl sites for hydroxylation is 1. The van der Waals surface area contributed by atoms with Crippen LogP contribution in [0.2, 0.25) is 0 Å². The lowest BCUT2D eigenvalue weighted by Crippen LogP contribution is -2.38. The van der Waals surface area contributed by atoms with Gasteiger partial charge >= 0.3 is 0 Å². The number of halogens is 1. The van der Waals surface area contributed by atoms with Crippen molar-refractivity contribution in [3.05, 3.63) is 106 Å². The van der Waals surface area contributed by atoms with Crippen LogP contribution in [0, 0.1) is 5.92 Å². The van der Waals surface area contributed by atoms with Crippen molar-refractivity contribution in [2.24, 2.45) is 13.0 Å². The lowest BCUT2D eigenvalue weighted by atomic mass is 9.59. The van der Waals surface area contributed by atoms with E-state index in [4.69, 9.17) is 0 Å². The lowest BCUT2D eigenvalue weighted by Gasteiger charge is -2.44. The first kappa shape index (κ1) is 19.5. The van der Waals surface area contributed by atoms with E-state index in [9.17, 15) is 4.79 Å². The van der Waals surface area contributed by atoms with Crippen molar-refractivity contribution in [3.8, 4) is 11.3 Å². The van der Waals surface area contributed by atoms with E-state index in [1.54, 1.807) is 4.68 Å². The number of hydrogen-bond donors (Lipinski definition) is 1. The van der Waals surface area contributed by atoms with Crippen LogP contribution in [0.5, 0.6) is 0 Å². The highest BCUT2D eigenvalue weighted by Gasteiger charge is 2.45. The number of carbonyl (C=O) groups is 1. The fourth-order valence-corrected chi connectivity index (χ4v) is 6.10. The molecule has 1 N–H and O–H groups in total. The van der Waals surface area contributed by atoms with Gasteiger partial charge in [-0.3, -0.25) is 9.48 Å². The minimum absolute atomic E-state index is 0.0746. The van der Waals surface area contributed by atoms with E-state index in [1.165, 1.54) is 22.3 Å². The number of benzene rings is 3. The number of anilines is 1. The van der Waals surface area contributed by atoms with Gasteiger partial charge in [0, 0.05) is 36.3 Å². The molecule has 158 valence electrons. The van der Waals surface area contributed by atoms with E-state index >= 15 is 0 Å². The van der Waals surface area contributed by atoms with Gasteiger partial charge in [-0.25, -0.2) is 0 Å². The van der Waals surface area contributed by atoms with Gasteiger partial charge in [-0.15, -0.1) is 0 Å². The van der Waals surface area contributed by atoms with Crippen LogP contribution in [-0.4, -0.2) is 15.7 Å². The predicted octanol–water partition coefficient (Wildman–Crippen LogP) is 6.09. The van der Waals surface area contributed by atoms with E-state index < -0.39 is 0 Å². The smallest absolute Gasteiger partial charge is 0.228 e. The van der Waals surface area contributed by atoms with Crippen molar-refractivity contribution in [1.82, 2.24) is 9.78 Å². The first-order chi connectivity index (χ1) is 15.6. The third kappa shape index (κ3) is 3.03. The standard InChI is InChI=1S/C27H22BrN3O/c1-31-15-24(28)26(30-31)16-10-12-17(13-11-16)29-27(32)23-14-22-18-6-2-4-8-20(18)25(23)21-9-5-3-7-19(21)22/h2-13,15,22-23,25H,14H2,1H3,(H,29,32). The molecular weight excluding hydrogens is 462 g/mol. The van der Waals surface area contributed by atoms with Crippen LogP contribution in [0.15, 0.2) is 83.5 Å². The number of nitrogens with one attached hydrogen (secondary N) is 1. The van der Waals surface area contributed by atoms with Gasteiger partial charge in [-0.2, -0.15) is 5.10 Å². The van der Waals surface area contributed by atoms with E-state index in [0.29, 0.717) is 0 Å². The molecule has 0 fully saturated rings. The Morgan fingerprint density at radius 3 is 2.09 bits per heavy atom. The lowest BCUT2D eigenvalue weighted by molar-refractivity contribution is -0.121. The molecule has 0 radical (unpaired) electrons. The Kier molecular flexibility index (Phi) is 4.54. The summed E-state index contributed by atoms with van der Waals surface area (Å²) in [5.41, 5.74) is 8.08. The molecule has 0 aliphatic heterocycles. The second-order valence-electron chi connectivity index (χ2n) is 8.70. The first-order valence-electron chi connectivity index (χ1n) is 10.9. The van der Waals surface area contributed by atoms with E-state index in [0.717, 1.165) is 27.8 Å². The summed E-state index contributed by atoms with van der Waals surface area (Å²) in [5, 5.41) is 7.68. The van der Waals surface area contributed by atoms with Crippen molar-refractivity contribution in [1.29, 1.82) is 0 Å². The summed E-state index contributed by atoms with van der Waals surface area (Å²) in [6.45, 7) is 0. The van der Waals surface area contributed by atoms with Crippen molar-refractivity contribution in [3.63, 3.8) is 0 Å². The molecule has 1 atom stereocenters. The number of amides is 1. The minimum Gasteiger partial charge on any atom is -0.326 e. The third-order valence-corrected chi connectivity index (χ3v) is 7.43. The maximum absolute atomic E-state index is 13.5. The molecule has 1 heterocycles. The largest absolute Gasteiger partial charge is 0.326 e. The van der Waals surface area contributed by atoms with Gasteiger partial charge in [-0.05, 0) is 56.7 Å². The molecule has 0 saturated heterocycles. The van der Waals surface area contributed by atoms with Gasteiger partial charge in [-0.1, -0.05) is 60.7 Å². The zero-order chi connectivity index (χ0) is 21.8. The highest BCUT2D eigenvalue weighted by molar-refractivity contribution is 9.10. The van der Waals surface area contributed by atoms with Crippen LogP contribution in [0.3, 0.4) is 0 Å². The second kappa shape index (κ2) is 7.45. The minimum atomic E-state index is -0.0746. The number of aromatic nitrogens is 2. The fraction of sp³-hybridized carbons (Fsp3) is 0.185. The Bertz CT molecular complexity index is 1290. The van der Waals surface area contributed by atoms with Crippen molar-refractivity contribution in [2.75, 3.05) is 5.32 Å². The number of carbonyl (C=O) groups excluding carboxylic acids is 1. The SMILES string of the molecule is Cn1cc(Br)c(-c2ccc(NC(=O)C3CC4c5ccccc5C3c3ccccc34)cc2)n1. The van der Waals surface area contributed by atoms with Gasteiger partial charge in [0.1, 0.15) is 5.69 Å². The summed E-state index contributed by atoms with van der Waals surface area (Å²) in [6, 6.07) is 25.2. The molecule has 7 rings (SSSR count). The van der Waals surface area contributed by atoms with Crippen LogP contribution < -0.4 is 5.32 Å². The normalized spacial score (nSPS) is 20.5. The first-order valence-corrected chi connectivity index (χ1v) is 11.7. The van der Waals surface area contributed by atoms with Gasteiger partial charge in [0.05, 0.1) is 10.4 Å². The van der Waals surface area contributed by atoms with Crippen LogP contribution in [0.25, 0.3) is 11.3 Å². The molecule has 4 aromatic rings. The predicted molar refractivity (Wildman–Crippen MR) is 130 cm³/mol. The van der Waals surface area contributed by atoms with Crippen LogP contribution in [0.1, 0.15) is 40.5 Å². The Morgan fingerprint density at radius 2 is 1.53 bits per heavy atom. The Labute approximate surface area is 195 Å². The van der Waals surface area contributed by atoms with Crippen LogP contribution in [0.4, 0.5) is 5.69 Å². The van der Waals surface area contributed by atoms with Crippen molar-refractivity contribution >= 4 is 27.5 Å². The molecule has 0 saturated carbocycles.